The van der Waals surface area contributed by atoms with Crippen molar-refractivity contribution in [3.05, 3.63) is 69.6 Å². The molecule has 2 N–H and O–H groups in total. The summed E-state index contributed by atoms with van der Waals surface area (Å²) in [4.78, 5) is 12.3. The van der Waals surface area contributed by atoms with Crippen LogP contribution in [0.2, 0.25) is 5.02 Å². The number of nitrogen functional groups attached to an aromatic ring is 1. The molecule has 0 unspecified atom stereocenters. The molecule has 0 amide bonds. The number of benzene rings is 2. The zero-order valence-electron chi connectivity index (χ0n) is 17.5. The molecule has 0 radical (unpaired) electrons. The van der Waals surface area contributed by atoms with Crippen LogP contribution in [0.5, 0.6) is 17.2 Å². The van der Waals surface area contributed by atoms with Crippen LogP contribution in [0.3, 0.4) is 0 Å². The number of nitrogens with zero attached hydrogens (tertiary/aromatic N) is 2. The van der Waals surface area contributed by atoms with Gasteiger partial charge in [-0.1, -0.05) is 11.6 Å². The zero-order valence-corrected chi connectivity index (χ0v) is 19.1. The molecule has 10 heteroatoms. The average molecular weight is 476 g/mol. The lowest BCUT2D eigenvalue weighted by Crippen LogP contribution is -2.33. The Balaban J connectivity index is 1.95. The van der Waals surface area contributed by atoms with E-state index in [1.54, 1.807) is 49.6 Å². The van der Waals surface area contributed by atoms with Crippen molar-refractivity contribution < 1.29 is 17.9 Å². The lowest BCUT2D eigenvalue weighted by atomic mass is 10.0. The average Bonchev–Trinajstić information content (AvgIpc) is 2.71. The molecule has 0 aliphatic carbocycles. The second-order valence-electron chi connectivity index (χ2n) is 7.56. The summed E-state index contributed by atoms with van der Waals surface area (Å²) in [5.41, 5.74) is 8.13. The van der Waals surface area contributed by atoms with Crippen molar-refractivity contribution in [1.82, 2.24) is 8.87 Å². The second-order valence-corrected chi connectivity index (χ2v) is 9.97. The number of aryl methyl sites for hydroxylation is 1. The number of fused-ring (bicyclic) bond motifs is 4. The van der Waals surface area contributed by atoms with E-state index in [1.165, 1.54) is 14.9 Å². The van der Waals surface area contributed by atoms with Gasteiger partial charge in [-0.05, 0) is 36.4 Å². The first kappa shape index (κ1) is 22.2. The van der Waals surface area contributed by atoms with Gasteiger partial charge >= 0.3 is 0 Å². The van der Waals surface area contributed by atoms with Gasteiger partial charge in [0.25, 0.3) is 5.56 Å². The fraction of sp³-hybridized carbons (Fsp3) is 0.227. The molecule has 2 heterocycles. The van der Waals surface area contributed by atoms with E-state index in [9.17, 15) is 13.2 Å². The van der Waals surface area contributed by atoms with Gasteiger partial charge in [0.1, 0.15) is 23.9 Å². The normalized spacial score (nSPS) is 14.6. The van der Waals surface area contributed by atoms with E-state index < -0.39 is 10.0 Å². The summed E-state index contributed by atoms with van der Waals surface area (Å²) in [5, 5.41) is 0.460. The number of ether oxygens (including phenoxy) is 2. The van der Waals surface area contributed by atoms with Crippen LogP contribution in [0.25, 0.3) is 11.1 Å². The molecule has 1 aliphatic rings. The van der Waals surface area contributed by atoms with E-state index in [0.29, 0.717) is 44.6 Å². The smallest absolute Gasteiger partial charge is 0.254 e. The monoisotopic (exact) mass is 475 g/mol. The number of hydrogen-bond donors (Lipinski definition) is 1. The molecule has 1 aromatic heterocycles. The van der Waals surface area contributed by atoms with Gasteiger partial charge in [0.05, 0.1) is 6.26 Å². The highest BCUT2D eigenvalue weighted by molar-refractivity contribution is 7.88. The summed E-state index contributed by atoms with van der Waals surface area (Å²) in [7, 11) is -1.92. The number of pyridine rings is 1. The Morgan fingerprint density at radius 2 is 1.78 bits per heavy atom. The third kappa shape index (κ3) is 4.59. The number of nitrogens with two attached hydrogens (primary N) is 1. The Morgan fingerprint density at radius 3 is 2.53 bits per heavy atom. The Hall–Kier alpha value is -3.01. The van der Waals surface area contributed by atoms with Crippen molar-refractivity contribution in [2.75, 3.05) is 25.1 Å². The van der Waals surface area contributed by atoms with Crippen LogP contribution < -0.4 is 20.8 Å². The van der Waals surface area contributed by atoms with Crippen molar-refractivity contribution >= 4 is 27.3 Å². The van der Waals surface area contributed by atoms with Gasteiger partial charge in [-0.25, -0.2) is 8.42 Å². The molecule has 2 aromatic carbocycles. The first-order chi connectivity index (χ1) is 15.1. The predicted octanol–water partition coefficient (Wildman–Crippen LogP) is 3.23. The topological polar surface area (TPSA) is 104 Å². The number of rotatable bonds is 1. The molecule has 168 valence electrons. The third-order valence-electron chi connectivity index (χ3n) is 5.14. The molecule has 32 heavy (non-hydrogen) atoms. The predicted molar refractivity (Wildman–Crippen MR) is 124 cm³/mol. The highest BCUT2D eigenvalue weighted by atomic mass is 35.5. The lowest BCUT2D eigenvalue weighted by molar-refractivity contribution is 0.269. The highest BCUT2D eigenvalue weighted by Gasteiger charge is 2.23. The fourth-order valence-corrected chi connectivity index (χ4v) is 4.46. The lowest BCUT2D eigenvalue weighted by Gasteiger charge is -2.24. The molecule has 0 fully saturated rings. The van der Waals surface area contributed by atoms with E-state index >= 15 is 0 Å². The number of sulfonamides is 1. The molecule has 4 rings (SSSR count). The first-order valence-electron chi connectivity index (χ1n) is 9.76. The Morgan fingerprint density at radius 1 is 1.03 bits per heavy atom. The van der Waals surface area contributed by atoms with Crippen LogP contribution in [-0.2, 0) is 23.6 Å². The third-order valence-corrected chi connectivity index (χ3v) is 6.63. The molecular formula is C22H22ClN3O5S. The first-order valence-corrected chi connectivity index (χ1v) is 12.0. The minimum absolute atomic E-state index is 0.0433. The van der Waals surface area contributed by atoms with Crippen molar-refractivity contribution in [2.24, 2.45) is 7.05 Å². The van der Waals surface area contributed by atoms with E-state index in [0.717, 1.165) is 6.26 Å². The number of anilines is 1. The summed E-state index contributed by atoms with van der Waals surface area (Å²) in [5.74, 6) is 1.24. The summed E-state index contributed by atoms with van der Waals surface area (Å²) in [6.45, 7) is 0.163. The zero-order chi connectivity index (χ0) is 23.0. The molecule has 0 spiro atoms. The molecule has 0 atom stereocenters. The highest BCUT2D eigenvalue weighted by Crippen LogP contribution is 2.40. The SMILES string of the molecule is Cn1cc2c(cc1=O)OCCN(S(C)(=O)=O)Cc1cc(Cl)ccc1Oc1ccc(N)cc1-2. The van der Waals surface area contributed by atoms with Gasteiger partial charge in [-0.15, -0.1) is 0 Å². The standard InChI is InChI=1S/C22H22ClN3O5S/c1-25-13-18-17-10-16(24)4-6-20(17)31-19-5-3-15(23)9-14(19)12-26(32(2,28)29)7-8-30-21(18)11-22(25)27/h3-6,9-11,13H,7-8,12,24H2,1-2H3. The van der Waals surface area contributed by atoms with Crippen molar-refractivity contribution in [3.63, 3.8) is 0 Å². The minimum Gasteiger partial charge on any atom is -0.491 e. The molecule has 0 saturated heterocycles. The largest absolute Gasteiger partial charge is 0.491 e. The number of halogens is 1. The minimum atomic E-state index is -3.56. The quantitative estimate of drug-likeness (QED) is 0.542. The van der Waals surface area contributed by atoms with Gasteiger partial charge in [-0.3, -0.25) is 4.79 Å². The van der Waals surface area contributed by atoms with Crippen molar-refractivity contribution in [3.8, 4) is 28.4 Å². The summed E-state index contributed by atoms with van der Waals surface area (Å²) >= 11 is 6.19. The molecule has 8 nitrogen and oxygen atoms in total. The van der Waals surface area contributed by atoms with Crippen LogP contribution in [-0.4, -0.2) is 36.7 Å². The number of hydrogen-bond acceptors (Lipinski definition) is 6. The summed E-state index contributed by atoms with van der Waals surface area (Å²) in [6, 6.07) is 11.6. The summed E-state index contributed by atoms with van der Waals surface area (Å²) in [6.07, 6.45) is 2.77. The molecular weight excluding hydrogens is 454 g/mol. The Bertz CT molecular complexity index is 1350. The molecule has 0 saturated carbocycles. The maximum Gasteiger partial charge on any atom is 0.254 e. The van der Waals surface area contributed by atoms with Crippen LogP contribution in [0.15, 0.2) is 53.5 Å². The van der Waals surface area contributed by atoms with Crippen LogP contribution in [0, 0.1) is 0 Å². The summed E-state index contributed by atoms with van der Waals surface area (Å²) < 4.78 is 39.6. The van der Waals surface area contributed by atoms with Crippen LogP contribution in [0.4, 0.5) is 5.69 Å². The molecule has 3 aromatic rings. The number of aromatic nitrogens is 1. The van der Waals surface area contributed by atoms with E-state index in [2.05, 4.69) is 0 Å². The Labute approximate surface area is 190 Å². The fourth-order valence-electron chi connectivity index (χ4n) is 3.48. The molecule has 0 bridgehead atoms. The van der Waals surface area contributed by atoms with E-state index in [-0.39, 0.29) is 25.3 Å². The van der Waals surface area contributed by atoms with Gasteiger partial charge < -0.3 is 19.8 Å². The van der Waals surface area contributed by atoms with Crippen LogP contribution in [0.1, 0.15) is 5.56 Å². The van der Waals surface area contributed by atoms with Gasteiger partial charge in [0.15, 0.2) is 0 Å². The van der Waals surface area contributed by atoms with Crippen LogP contribution >= 0.6 is 11.6 Å². The maximum atomic E-state index is 12.4. The second kappa shape index (κ2) is 8.50. The van der Waals surface area contributed by atoms with Crippen molar-refractivity contribution in [1.29, 1.82) is 0 Å². The van der Waals surface area contributed by atoms with E-state index in [1.807, 2.05) is 0 Å². The van der Waals surface area contributed by atoms with E-state index in [4.69, 9.17) is 26.8 Å². The maximum absolute atomic E-state index is 12.4. The van der Waals surface area contributed by atoms with Gasteiger partial charge in [0, 0.05) is 59.8 Å². The van der Waals surface area contributed by atoms with Crippen molar-refractivity contribution in [2.45, 2.75) is 6.54 Å². The Kier molecular flexibility index (Phi) is 5.89. The van der Waals surface area contributed by atoms with Gasteiger partial charge in [0.2, 0.25) is 10.0 Å². The van der Waals surface area contributed by atoms with Gasteiger partial charge in [-0.2, -0.15) is 4.31 Å². The molecule has 1 aliphatic heterocycles.